The minimum Gasteiger partial charge on any atom is -0.450 e. The standard InChI is InChI=1S/C23H24Br4O2/c1-4-21(17-7-5-9-19(11-17)28-22(26)15(2)13-24)18-8-6-10-20(12-18)29-23(27)16(3)14-25/h5-12,21H,4,13-14H2,1-3H3/b22-15+,23-16+. The average Bonchev–Trinajstić information content (AvgIpc) is 2.73. The molecule has 156 valence electrons. The number of hydrogen-bond acceptors (Lipinski definition) is 2. The van der Waals surface area contributed by atoms with Gasteiger partial charge in [-0.3, -0.25) is 0 Å². The van der Waals surface area contributed by atoms with Crippen molar-refractivity contribution < 1.29 is 9.47 Å². The molecule has 2 aromatic carbocycles. The van der Waals surface area contributed by atoms with Gasteiger partial charge < -0.3 is 9.47 Å². The van der Waals surface area contributed by atoms with Crippen LogP contribution in [-0.2, 0) is 0 Å². The SMILES string of the molecule is CCC(c1cccc(O/C(Br)=C(\C)CBr)c1)c1cccc(O/C(Br)=C(\C)CBr)c1. The number of rotatable bonds is 9. The lowest BCUT2D eigenvalue weighted by Crippen LogP contribution is -2.02. The summed E-state index contributed by atoms with van der Waals surface area (Å²) in [7, 11) is 0. The molecular formula is C23H24Br4O2. The van der Waals surface area contributed by atoms with Crippen molar-refractivity contribution in [3.05, 3.63) is 80.1 Å². The van der Waals surface area contributed by atoms with E-state index in [2.05, 4.69) is 94.9 Å². The van der Waals surface area contributed by atoms with Crippen LogP contribution < -0.4 is 9.47 Å². The third kappa shape index (κ3) is 7.27. The number of ether oxygens (including phenoxy) is 2. The van der Waals surface area contributed by atoms with Gasteiger partial charge in [0.2, 0.25) is 0 Å². The first-order chi connectivity index (χ1) is 13.9. The molecule has 6 heteroatoms. The first-order valence-electron chi connectivity index (χ1n) is 9.27. The van der Waals surface area contributed by atoms with E-state index in [9.17, 15) is 0 Å². The number of alkyl halides is 2. The van der Waals surface area contributed by atoms with E-state index in [-0.39, 0.29) is 5.92 Å². The Hall–Kier alpha value is -0.560. The van der Waals surface area contributed by atoms with Gasteiger partial charge in [0, 0.05) is 16.6 Å². The van der Waals surface area contributed by atoms with Crippen molar-refractivity contribution in [1.82, 2.24) is 0 Å². The zero-order valence-corrected chi connectivity index (χ0v) is 23.0. The Bertz CT molecular complexity index is 818. The third-order valence-corrected chi connectivity index (χ3v) is 7.78. The van der Waals surface area contributed by atoms with Gasteiger partial charge in [-0.2, -0.15) is 0 Å². The largest absolute Gasteiger partial charge is 0.450 e. The molecule has 0 spiro atoms. The van der Waals surface area contributed by atoms with Gasteiger partial charge in [-0.25, -0.2) is 0 Å². The quantitative estimate of drug-likeness (QED) is 0.199. The summed E-state index contributed by atoms with van der Waals surface area (Å²) in [6.07, 6.45) is 0.974. The minimum absolute atomic E-state index is 0.252. The van der Waals surface area contributed by atoms with E-state index < -0.39 is 0 Å². The highest BCUT2D eigenvalue weighted by Gasteiger charge is 2.15. The molecule has 0 heterocycles. The van der Waals surface area contributed by atoms with E-state index in [1.807, 2.05) is 38.1 Å². The summed E-state index contributed by atoms with van der Waals surface area (Å²) in [5.74, 6) is 1.89. The van der Waals surface area contributed by atoms with Crippen LogP contribution in [0.5, 0.6) is 11.5 Å². The van der Waals surface area contributed by atoms with Crippen LogP contribution in [-0.4, -0.2) is 10.7 Å². The first-order valence-corrected chi connectivity index (χ1v) is 13.1. The summed E-state index contributed by atoms with van der Waals surface area (Å²) in [6.45, 7) is 6.24. The predicted molar refractivity (Wildman–Crippen MR) is 137 cm³/mol. The summed E-state index contributed by atoms with van der Waals surface area (Å²) < 4.78 is 13.4. The Morgan fingerprint density at radius 2 is 1.21 bits per heavy atom. The van der Waals surface area contributed by atoms with Crippen molar-refractivity contribution in [2.75, 3.05) is 10.7 Å². The summed E-state index contributed by atoms with van der Waals surface area (Å²) in [5.41, 5.74) is 4.63. The second kappa shape index (κ2) is 12.3. The highest BCUT2D eigenvalue weighted by Crippen LogP contribution is 2.33. The van der Waals surface area contributed by atoms with Crippen molar-refractivity contribution in [2.45, 2.75) is 33.1 Å². The second-order valence-electron chi connectivity index (χ2n) is 6.69. The van der Waals surface area contributed by atoms with E-state index in [0.717, 1.165) is 49.1 Å². The molecule has 0 amide bonds. The van der Waals surface area contributed by atoms with Gasteiger partial charge in [-0.1, -0.05) is 63.0 Å². The van der Waals surface area contributed by atoms with Gasteiger partial charge in [0.25, 0.3) is 0 Å². The van der Waals surface area contributed by atoms with Gasteiger partial charge in [0.15, 0.2) is 9.34 Å². The molecule has 0 N–H and O–H groups in total. The molecular weight excluding hydrogens is 628 g/mol. The molecule has 0 saturated heterocycles. The molecule has 0 aliphatic heterocycles. The van der Waals surface area contributed by atoms with Crippen molar-refractivity contribution in [3.63, 3.8) is 0 Å². The molecule has 2 rings (SSSR count). The summed E-state index contributed by atoms with van der Waals surface area (Å²) in [6, 6.07) is 16.5. The number of allylic oxidation sites excluding steroid dienone is 2. The van der Waals surface area contributed by atoms with Crippen LogP contribution in [0.1, 0.15) is 44.2 Å². The molecule has 0 radical (unpaired) electrons. The van der Waals surface area contributed by atoms with Gasteiger partial charge in [-0.15, -0.1) is 0 Å². The van der Waals surface area contributed by atoms with E-state index in [4.69, 9.17) is 9.47 Å². The Labute approximate surface area is 207 Å². The van der Waals surface area contributed by atoms with Crippen molar-refractivity contribution in [2.24, 2.45) is 0 Å². The van der Waals surface area contributed by atoms with Crippen LogP contribution in [0.15, 0.2) is 69.0 Å². The van der Waals surface area contributed by atoms with Crippen LogP contribution in [0, 0.1) is 0 Å². The maximum absolute atomic E-state index is 5.98. The molecule has 0 fully saturated rings. The lowest BCUT2D eigenvalue weighted by atomic mass is 9.89. The Morgan fingerprint density at radius 3 is 1.55 bits per heavy atom. The maximum atomic E-state index is 5.98. The van der Waals surface area contributed by atoms with E-state index in [1.54, 1.807) is 0 Å². The second-order valence-corrected chi connectivity index (χ2v) is 9.25. The lowest BCUT2D eigenvalue weighted by molar-refractivity contribution is 0.462. The van der Waals surface area contributed by atoms with Crippen LogP contribution in [0.2, 0.25) is 0 Å². The van der Waals surface area contributed by atoms with Gasteiger partial charge in [0.05, 0.1) is 0 Å². The Morgan fingerprint density at radius 1 is 0.793 bits per heavy atom. The zero-order valence-electron chi connectivity index (χ0n) is 16.6. The van der Waals surface area contributed by atoms with Crippen molar-refractivity contribution in [1.29, 1.82) is 0 Å². The normalized spacial score (nSPS) is 13.1. The molecule has 2 nitrogen and oxygen atoms in total. The Kier molecular flexibility index (Phi) is 10.5. The average molecular weight is 652 g/mol. The van der Waals surface area contributed by atoms with Crippen LogP contribution in [0.3, 0.4) is 0 Å². The van der Waals surface area contributed by atoms with Gasteiger partial charge >= 0.3 is 0 Å². The molecule has 0 aliphatic rings. The Balaban J connectivity index is 2.30. The van der Waals surface area contributed by atoms with E-state index in [0.29, 0.717) is 0 Å². The monoisotopic (exact) mass is 648 g/mol. The zero-order chi connectivity index (χ0) is 21.4. The molecule has 2 aromatic rings. The minimum atomic E-state index is 0.252. The van der Waals surface area contributed by atoms with E-state index in [1.165, 1.54) is 11.1 Å². The summed E-state index contributed by atoms with van der Waals surface area (Å²) in [4.78, 5) is 0. The molecule has 0 saturated carbocycles. The van der Waals surface area contributed by atoms with Crippen LogP contribution in [0.25, 0.3) is 0 Å². The van der Waals surface area contributed by atoms with Gasteiger partial charge in [-0.05, 0) is 98.7 Å². The summed E-state index contributed by atoms with van der Waals surface area (Å²) >= 11 is 13.9. The topological polar surface area (TPSA) is 18.5 Å². The fraction of sp³-hybridized carbons (Fsp3) is 0.304. The molecule has 0 unspecified atom stereocenters. The van der Waals surface area contributed by atoms with Crippen LogP contribution in [0.4, 0.5) is 0 Å². The van der Waals surface area contributed by atoms with E-state index >= 15 is 0 Å². The highest BCUT2D eigenvalue weighted by atomic mass is 79.9. The number of halogens is 4. The van der Waals surface area contributed by atoms with Crippen molar-refractivity contribution in [3.8, 4) is 11.5 Å². The first kappa shape index (κ1) is 24.7. The fourth-order valence-corrected chi connectivity index (χ4v) is 4.66. The molecule has 0 aliphatic carbocycles. The summed E-state index contributed by atoms with van der Waals surface area (Å²) in [5, 5.41) is 1.52. The maximum Gasteiger partial charge on any atom is 0.169 e. The number of benzene rings is 2. The van der Waals surface area contributed by atoms with Crippen LogP contribution >= 0.6 is 63.7 Å². The van der Waals surface area contributed by atoms with Crippen molar-refractivity contribution >= 4 is 63.7 Å². The molecule has 0 atom stereocenters. The smallest absolute Gasteiger partial charge is 0.169 e. The van der Waals surface area contributed by atoms with Gasteiger partial charge in [0.1, 0.15) is 11.5 Å². The predicted octanol–water partition coefficient (Wildman–Crippen LogP) is 9.03. The number of hydrogen-bond donors (Lipinski definition) is 0. The molecule has 29 heavy (non-hydrogen) atoms. The lowest BCUT2D eigenvalue weighted by Gasteiger charge is -2.18. The molecule has 0 aromatic heterocycles. The molecule has 0 bridgehead atoms. The highest BCUT2D eigenvalue weighted by molar-refractivity contribution is 9.12. The third-order valence-electron chi connectivity index (χ3n) is 4.42. The fourth-order valence-electron chi connectivity index (χ4n) is 2.74.